The van der Waals surface area contributed by atoms with Crippen LogP contribution in [0.1, 0.15) is 24.0 Å². The molecular weight excluding hydrogens is 444 g/mol. The standard InChI is InChI=1S/C26H34N6OS/c1-21-8-10-23(11-9-21)25-28-29-26(34)32(25)15-12-24(33)27-13-5-14-30-16-18-31(19-17-30)20-22-6-3-2-4-7-22/h2-4,6-11H,5,12-20H2,1H3,(H,27,33)(H,29,34). The van der Waals surface area contributed by atoms with Crippen LogP contribution in [0.25, 0.3) is 11.4 Å². The first kappa shape index (κ1) is 24.3. The second-order valence-electron chi connectivity index (χ2n) is 8.93. The maximum atomic E-state index is 12.4. The molecule has 1 amide bonds. The van der Waals surface area contributed by atoms with Crippen molar-refractivity contribution in [3.05, 3.63) is 70.5 Å². The monoisotopic (exact) mass is 478 g/mol. The van der Waals surface area contributed by atoms with Crippen molar-refractivity contribution in [2.24, 2.45) is 0 Å². The molecule has 0 unspecified atom stereocenters. The number of piperazine rings is 1. The van der Waals surface area contributed by atoms with Crippen molar-refractivity contribution >= 4 is 18.1 Å². The third-order valence-corrected chi connectivity index (χ3v) is 6.63. The summed E-state index contributed by atoms with van der Waals surface area (Å²) in [6.45, 7) is 9.66. The lowest BCUT2D eigenvalue weighted by atomic mass is 10.1. The van der Waals surface area contributed by atoms with Gasteiger partial charge in [-0.3, -0.25) is 19.4 Å². The predicted octanol–water partition coefficient (Wildman–Crippen LogP) is 3.63. The predicted molar refractivity (Wildman–Crippen MR) is 138 cm³/mol. The molecule has 0 radical (unpaired) electrons. The molecule has 0 spiro atoms. The van der Waals surface area contributed by atoms with Crippen LogP contribution in [-0.2, 0) is 17.9 Å². The first-order valence-electron chi connectivity index (χ1n) is 12.1. The molecule has 34 heavy (non-hydrogen) atoms. The summed E-state index contributed by atoms with van der Waals surface area (Å²) in [7, 11) is 0. The van der Waals surface area contributed by atoms with Crippen LogP contribution in [0.15, 0.2) is 54.6 Å². The Morgan fingerprint density at radius 1 is 1.00 bits per heavy atom. The minimum absolute atomic E-state index is 0.0469. The van der Waals surface area contributed by atoms with Crippen molar-refractivity contribution in [2.75, 3.05) is 39.3 Å². The molecule has 2 heterocycles. The van der Waals surface area contributed by atoms with Crippen LogP contribution >= 0.6 is 12.2 Å². The van der Waals surface area contributed by atoms with E-state index in [4.69, 9.17) is 12.2 Å². The van der Waals surface area contributed by atoms with Crippen LogP contribution in [0, 0.1) is 11.7 Å². The van der Waals surface area contributed by atoms with E-state index >= 15 is 0 Å². The Hall–Kier alpha value is -2.81. The van der Waals surface area contributed by atoms with Gasteiger partial charge in [0.1, 0.15) is 0 Å². The quantitative estimate of drug-likeness (QED) is 0.344. The van der Waals surface area contributed by atoms with Crippen LogP contribution in [-0.4, -0.2) is 69.7 Å². The number of aromatic nitrogens is 3. The van der Waals surface area contributed by atoms with E-state index < -0.39 is 0 Å². The molecule has 1 aliphatic heterocycles. The molecule has 0 saturated carbocycles. The van der Waals surface area contributed by atoms with Gasteiger partial charge in [-0.1, -0.05) is 60.2 Å². The van der Waals surface area contributed by atoms with Gasteiger partial charge in [-0.25, -0.2) is 0 Å². The molecule has 7 nitrogen and oxygen atoms in total. The molecule has 2 aromatic carbocycles. The van der Waals surface area contributed by atoms with Crippen LogP contribution in [0.3, 0.4) is 0 Å². The van der Waals surface area contributed by atoms with Crippen molar-refractivity contribution in [3.8, 4) is 11.4 Å². The van der Waals surface area contributed by atoms with E-state index in [0.717, 1.165) is 57.1 Å². The maximum Gasteiger partial charge on any atom is 0.221 e. The minimum atomic E-state index is 0.0469. The summed E-state index contributed by atoms with van der Waals surface area (Å²) in [6.07, 6.45) is 1.34. The Kier molecular flexibility index (Phi) is 8.62. The van der Waals surface area contributed by atoms with Gasteiger partial charge in [0.25, 0.3) is 0 Å². The van der Waals surface area contributed by atoms with E-state index in [9.17, 15) is 4.79 Å². The van der Waals surface area contributed by atoms with E-state index in [2.05, 4.69) is 62.6 Å². The van der Waals surface area contributed by atoms with Gasteiger partial charge in [0.05, 0.1) is 0 Å². The van der Waals surface area contributed by atoms with Crippen molar-refractivity contribution < 1.29 is 4.79 Å². The highest BCUT2D eigenvalue weighted by Crippen LogP contribution is 2.18. The second-order valence-corrected chi connectivity index (χ2v) is 9.31. The lowest BCUT2D eigenvalue weighted by Gasteiger charge is -2.34. The molecule has 0 aliphatic carbocycles. The zero-order valence-corrected chi connectivity index (χ0v) is 20.7. The number of aryl methyl sites for hydroxylation is 1. The summed E-state index contributed by atoms with van der Waals surface area (Å²) in [5.74, 6) is 0.815. The number of nitrogens with one attached hydrogen (secondary N) is 2. The van der Waals surface area contributed by atoms with Crippen molar-refractivity contribution in [2.45, 2.75) is 32.9 Å². The van der Waals surface area contributed by atoms with Crippen molar-refractivity contribution in [1.29, 1.82) is 0 Å². The summed E-state index contributed by atoms with van der Waals surface area (Å²) in [6, 6.07) is 18.8. The highest BCUT2D eigenvalue weighted by molar-refractivity contribution is 7.71. The Labute approximate surface area is 206 Å². The fourth-order valence-electron chi connectivity index (χ4n) is 4.29. The highest BCUT2D eigenvalue weighted by Gasteiger charge is 2.16. The maximum absolute atomic E-state index is 12.4. The molecule has 0 bridgehead atoms. The number of aromatic amines is 1. The second kappa shape index (κ2) is 12.1. The molecule has 2 N–H and O–H groups in total. The van der Waals surface area contributed by atoms with E-state index in [1.807, 2.05) is 28.8 Å². The molecule has 1 aliphatic rings. The fraction of sp³-hybridized carbons (Fsp3) is 0.423. The summed E-state index contributed by atoms with van der Waals surface area (Å²) < 4.78 is 2.43. The zero-order chi connectivity index (χ0) is 23.8. The van der Waals surface area contributed by atoms with Crippen LogP contribution in [0.2, 0.25) is 0 Å². The fourth-order valence-corrected chi connectivity index (χ4v) is 4.52. The molecule has 4 rings (SSSR count). The first-order valence-corrected chi connectivity index (χ1v) is 12.5. The average molecular weight is 479 g/mol. The molecule has 180 valence electrons. The van der Waals surface area contributed by atoms with Gasteiger partial charge >= 0.3 is 0 Å². The number of H-pyrrole nitrogens is 1. The highest BCUT2D eigenvalue weighted by atomic mass is 32.1. The van der Waals surface area contributed by atoms with E-state index in [0.29, 0.717) is 24.3 Å². The van der Waals surface area contributed by atoms with E-state index in [-0.39, 0.29) is 5.91 Å². The summed E-state index contributed by atoms with van der Waals surface area (Å²) in [5, 5.41) is 10.3. The smallest absolute Gasteiger partial charge is 0.221 e. The number of benzene rings is 2. The Morgan fingerprint density at radius 3 is 2.44 bits per heavy atom. The topological polar surface area (TPSA) is 69.2 Å². The summed E-state index contributed by atoms with van der Waals surface area (Å²) in [4.78, 5) is 17.4. The molecule has 1 aromatic heterocycles. The normalized spacial score (nSPS) is 14.9. The molecule has 1 saturated heterocycles. The summed E-state index contributed by atoms with van der Waals surface area (Å²) in [5.41, 5.74) is 3.56. The number of nitrogens with zero attached hydrogens (tertiary/aromatic N) is 4. The Balaban J connectivity index is 1.13. The molecule has 1 fully saturated rings. The largest absolute Gasteiger partial charge is 0.356 e. The lowest BCUT2D eigenvalue weighted by Crippen LogP contribution is -2.46. The number of amides is 1. The van der Waals surface area contributed by atoms with Crippen molar-refractivity contribution in [1.82, 2.24) is 29.9 Å². The van der Waals surface area contributed by atoms with Gasteiger partial charge in [0.15, 0.2) is 10.6 Å². The molecule has 0 atom stereocenters. The van der Waals surface area contributed by atoms with Crippen molar-refractivity contribution in [3.63, 3.8) is 0 Å². The van der Waals surface area contributed by atoms with E-state index in [1.165, 1.54) is 11.1 Å². The van der Waals surface area contributed by atoms with Gasteiger partial charge in [-0.2, -0.15) is 5.10 Å². The average Bonchev–Trinajstić information content (AvgIpc) is 3.23. The Bertz CT molecular complexity index is 1100. The molecule has 8 heteroatoms. The molecular formula is C26H34N6OS. The van der Waals surface area contributed by atoms with Gasteiger partial charge < -0.3 is 10.2 Å². The van der Waals surface area contributed by atoms with Crippen LogP contribution < -0.4 is 5.32 Å². The van der Waals surface area contributed by atoms with Gasteiger partial charge in [-0.15, -0.1) is 0 Å². The van der Waals surface area contributed by atoms with E-state index in [1.54, 1.807) is 0 Å². The minimum Gasteiger partial charge on any atom is -0.356 e. The Morgan fingerprint density at radius 2 is 1.71 bits per heavy atom. The van der Waals surface area contributed by atoms with Crippen LogP contribution in [0.4, 0.5) is 0 Å². The zero-order valence-electron chi connectivity index (χ0n) is 19.9. The lowest BCUT2D eigenvalue weighted by molar-refractivity contribution is -0.121. The third-order valence-electron chi connectivity index (χ3n) is 6.32. The number of rotatable bonds is 10. The SMILES string of the molecule is Cc1ccc(-c2n[nH]c(=S)n2CCC(=O)NCCCN2CCN(Cc3ccccc3)CC2)cc1. The molecule has 3 aromatic rings. The number of hydrogen-bond acceptors (Lipinski definition) is 5. The number of carbonyl (C=O) groups is 1. The number of hydrogen-bond donors (Lipinski definition) is 2. The summed E-state index contributed by atoms with van der Waals surface area (Å²) >= 11 is 5.38. The van der Waals surface area contributed by atoms with Gasteiger partial charge in [0, 0.05) is 57.8 Å². The van der Waals surface area contributed by atoms with Crippen LogP contribution in [0.5, 0.6) is 0 Å². The third kappa shape index (κ3) is 6.85. The van der Waals surface area contributed by atoms with Gasteiger partial charge in [0.2, 0.25) is 5.91 Å². The van der Waals surface area contributed by atoms with Gasteiger partial charge in [-0.05, 0) is 37.7 Å². The first-order chi connectivity index (χ1) is 16.6. The number of carbonyl (C=O) groups excluding carboxylic acids is 1.